The van der Waals surface area contributed by atoms with Gasteiger partial charge >= 0.3 is 0 Å². The number of rotatable bonds is 6. The number of aliphatic imine (C=N–C) groups is 2. The van der Waals surface area contributed by atoms with Crippen molar-refractivity contribution in [2.45, 2.75) is 27.3 Å². The first-order valence-corrected chi connectivity index (χ1v) is 8.33. The summed E-state index contributed by atoms with van der Waals surface area (Å²) in [5.41, 5.74) is 7.27. The standard InChI is InChI=1S/C18H23ClN6/c1-18(2,3)11-25(16-8-9-22-17(19)24-16)10-14-4-6-15(7-5-14)23-13-21-12-20/h4-9,12-13H,10-11H2,1-3H3,(H2,20,21,23). The lowest BCUT2D eigenvalue weighted by molar-refractivity contribution is 0.407. The van der Waals surface area contributed by atoms with Crippen LogP contribution >= 0.6 is 11.6 Å². The Morgan fingerprint density at radius 3 is 2.52 bits per heavy atom. The summed E-state index contributed by atoms with van der Waals surface area (Å²) in [5, 5.41) is 0.251. The molecule has 0 unspecified atom stereocenters. The lowest BCUT2D eigenvalue weighted by Crippen LogP contribution is -2.33. The van der Waals surface area contributed by atoms with Crippen LogP contribution in [0.25, 0.3) is 0 Å². The summed E-state index contributed by atoms with van der Waals surface area (Å²) in [6, 6.07) is 9.84. The maximum Gasteiger partial charge on any atom is 0.224 e. The number of hydrogen-bond donors (Lipinski definition) is 1. The van der Waals surface area contributed by atoms with Crippen molar-refractivity contribution in [3.63, 3.8) is 0 Å². The number of nitrogens with zero attached hydrogens (tertiary/aromatic N) is 5. The summed E-state index contributed by atoms with van der Waals surface area (Å²) in [6.07, 6.45) is 4.30. The molecule has 2 N–H and O–H groups in total. The van der Waals surface area contributed by atoms with Gasteiger partial charge in [-0.15, -0.1) is 0 Å². The highest BCUT2D eigenvalue weighted by Gasteiger charge is 2.18. The van der Waals surface area contributed by atoms with Gasteiger partial charge in [0.2, 0.25) is 5.28 Å². The van der Waals surface area contributed by atoms with Gasteiger partial charge in [0.15, 0.2) is 0 Å². The van der Waals surface area contributed by atoms with E-state index >= 15 is 0 Å². The van der Waals surface area contributed by atoms with Crippen molar-refractivity contribution in [3.8, 4) is 0 Å². The predicted octanol–water partition coefficient (Wildman–Crippen LogP) is 3.83. The van der Waals surface area contributed by atoms with Gasteiger partial charge in [-0.3, -0.25) is 0 Å². The quantitative estimate of drug-likeness (QED) is 0.483. The lowest BCUT2D eigenvalue weighted by atomic mass is 9.95. The smallest absolute Gasteiger partial charge is 0.224 e. The molecule has 0 atom stereocenters. The molecule has 0 radical (unpaired) electrons. The van der Waals surface area contributed by atoms with Crippen LogP contribution in [-0.2, 0) is 6.54 Å². The number of anilines is 1. The third-order valence-corrected chi connectivity index (χ3v) is 3.45. The molecule has 0 aliphatic carbocycles. The van der Waals surface area contributed by atoms with E-state index in [2.05, 4.69) is 45.6 Å². The van der Waals surface area contributed by atoms with Crippen molar-refractivity contribution >= 4 is 35.8 Å². The molecule has 0 saturated heterocycles. The molecule has 132 valence electrons. The van der Waals surface area contributed by atoms with Crippen LogP contribution in [-0.4, -0.2) is 29.2 Å². The number of halogens is 1. The van der Waals surface area contributed by atoms with Crippen LogP contribution < -0.4 is 10.6 Å². The van der Waals surface area contributed by atoms with E-state index < -0.39 is 0 Å². The Morgan fingerprint density at radius 1 is 1.20 bits per heavy atom. The van der Waals surface area contributed by atoms with E-state index in [1.165, 1.54) is 12.7 Å². The normalized spacial score (nSPS) is 12.2. The molecule has 0 saturated carbocycles. The molecule has 0 aliphatic rings. The monoisotopic (exact) mass is 358 g/mol. The summed E-state index contributed by atoms with van der Waals surface area (Å²) >= 11 is 5.96. The minimum absolute atomic E-state index is 0.113. The molecule has 1 aromatic heterocycles. The van der Waals surface area contributed by atoms with Gasteiger partial charge in [-0.25, -0.2) is 20.0 Å². The van der Waals surface area contributed by atoms with Crippen LogP contribution in [0.15, 0.2) is 46.5 Å². The Balaban J connectivity index is 2.18. The van der Waals surface area contributed by atoms with E-state index in [0.717, 1.165) is 30.2 Å². The molecular formula is C18H23ClN6. The molecule has 6 nitrogen and oxygen atoms in total. The van der Waals surface area contributed by atoms with Crippen molar-refractivity contribution in [1.82, 2.24) is 9.97 Å². The van der Waals surface area contributed by atoms with Gasteiger partial charge in [-0.1, -0.05) is 32.9 Å². The number of nitrogens with two attached hydrogens (primary N) is 1. The second kappa shape index (κ2) is 8.58. The summed E-state index contributed by atoms with van der Waals surface area (Å²) < 4.78 is 0. The molecule has 0 fully saturated rings. The zero-order chi connectivity index (χ0) is 18.3. The van der Waals surface area contributed by atoms with E-state index in [4.69, 9.17) is 17.3 Å². The lowest BCUT2D eigenvalue weighted by Gasteiger charge is -2.31. The van der Waals surface area contributed by atoms with Crippen LogP contribution in [0.5, 0.6) is 0 Å². The van der Waals surface area contributed by atoms with Gasteiger partial charge in [-0.2, -0.15) is 0 Å². The third-order valence-electron chi connectivity index (χ3n) is 3.27. The minimum atomic E-state index is 0.113. The third kappa shape index (κ3) is 6.51. The molecular weight excluding hydrogens is 336 g/mol. The maximum atomic E-state index is 5.96. The van der Waals surface area contributed by atoms with Crippen molar-refractivity contribution in [3.05, 3.63) is 47.4 Å². The molecule has 1 aromatic carbocycles. The van der Waals surface area contributed by atoms with Gasteiger partial charge in [-0.05, 0) is 40.8 Å². The van der Waals surface area contributed by atoms with Crippen LogP contribution in [0.2, 0.25) is 5.28 Å². The van der Waals surface area contributed by atoms with Crippen molar-refractivity contribution in [1.29, 1.82) is 0 Å². The van der Waals surface area contributed by atoms with Gasteiger partial charge in [0, 0.05) is 19.3 Å². The van der Waals surface area contributed by atoms with Crippen molar-refractivity contribution in [2.75, 3.05) is 11.4 Å². The van der Waals surface area contributed by atoms with E-state index in [0.29, 0.717) is 0 Å². The largest absolute Gasteiger partial charge is 0.390 e. The van der Waals surface area contributed by atoms with Crippen molar-refractivity contribution < 1.29 is 0 Å². The van der Waals surface area contributed by atoms with Gasteiger partial charge < -0.3 is 10.6 Å². The van der Waals surface area contributed by atoms with Crippen LogP contribution in [0.4, 0.5) is 11.5 Å². The number of aromatic nitrogens is 2. The SMILES string of the molecule is CC(C)(C)CN(Cc1ccc(N=CN=CN)cc1)c1ccnc(Cl)n1. The number of hydrogen-bond acceptors (Lipinski definition) is 4. The highest BCUT2D eigenvalue weighted by atomic mass is 35.5. The Labute approximate surface area is 153 Å². The predicted molar refractivity (Wildman–Crippen MR) is 105 cm³/mol. The Bertz CT molecular complexity index is 734. The molecule has 2 rings (SSSR count). The van der Waals surface area contributed by atoms with Gasteiger partial charge in [0.05, 0.1) is 12.0 Å². The first-order chi connectivity index (χ1) is 11.9. The van der Waals surface area contributed by atoms with E-state index in [1.54, 1.807) is 6.20 Å². The first kappa shape index (κ1) is 18.9. The van der Waals surface area contributed by atoms with Crippen LogP contribution in [0.1, 0.15) is 26.3 Å². The fraction of sp³-hybridized carbons (Fsp3) is 0.333. The highest BCUT2D eigenvalue weighted by Crippen LogP contribution is 2.23. The summed E-state index contributed by atoms with van der Waals surface area (Å²) in [5.74, 6) is 0.814. The highest BCUT2D eigenvalue weighted by molar-refractivity contribution is 6.28. The van der Waals surface area contributed by atoms with Crippen LogP contribution in [0.3, 0.4) is 0 Å². The summed E-state index contributed by atoms with van der Waals surface area (Å²) in [4.78, 5) is 18.5. The van der Waals surface area contributed by atoms with E-state index in [-0.39, 0.29) is 10.7 Å². The molecule has 0 amide bonds. The fourth-order valence-electron chi connectivity index (χ4n) is 2.34. The Hall–Kier alpha value is -2.47. The molecule has 7 heteroatoms. The molecule has 0 bridgehead atoms. The molecule has 25 heavy (non-hydrogen) atoms. The van der Waals surface area contributed by atoms with E-state index in [9.17, 15) is 0 Å². The topological polar surface area (TPSA) is 79.8 Å². The minimum Gasteiger partial charge on any atom is -0.390 e. The second-order valence-electron chi connectivity index (χ2n) is 6.81. The summed E-state index contributed by atoms with van der Waals surface area (Å²) in [6.45, 7) is 8.14. The average Bonchev–Trinajstić information content (AvgIpc) is 2.55. The van der Waals surface area contributed by atoms with Crippen LogP contribution in [0, 0.1) is 5.41 Å². The van der Waals surface area contributed by atoms with Crippen molar-refractivity contribution in [2.24, 2.45) is 21.1 Å². The molecule has 0 spiro atoms. The zero-order valence-corrected chi connectivity index (χ0v) is 15.5. The maximum absolute atomic E-state index is 5.96. The molecule has 0 aliphatic heterocycles. The number of benzene rings is 1. The average molecular weight is 359 g/mol. The first-order valence-electron chi connectivity index (χ1n) is 7.96. The zero-order valence-electron chi connectivity index (χ0n) is 14.7. The Kier molecular flexibility index (Phi) is 6.47. The Morgan fingerprint density at radius 2 is 1.92 bits per heavy atom. The fourth-order valence-corrected chi connectivity index (χ4v) is 2.48. The van der Waals surface area contributed by atoms with Gasteiger partial charge in [0.25, 0.3) is 0 Å². The molecule has 2 aromatic rings. The van der Waals surface area contributed by atoms with E-state index in [1.807, 2.05) is 30.3 Å². The van der Waals surface area contributed by atoms with Gasteiger partial charge in [0.1, 0.15) is 12.2 Å². The summed E-state index contributed by atoms with van der Waals surface area (Å²) in [7, 11) is 0. The second-order valence-corrected chi connectivity index (χ2v) is 7.15. The molecule has 1 heterocycles.